The Balaban J connectivity index is 3.36. The molecule has 3 nitrogen and oxygen atoms in total. The molecule has 2 N–H and O–H groups in total. The highest BCUT2D eigenvalue weighted by Gasteiger charge is 2.47. The van der Waals surface area contributed by atoms with Gasteiger partial charge in [-0.15, -0.1) is 0 Å². The monoisotopic (exact) mass is 317 g/mol. The van der Waals surface area contributed by atoms with Crippen LogP contribution < -0.4 is 5.73 Å². The molecule has 0 fully saturated rings. The van der Waals surface area contributed by atoms with Gasteiger partial charge in [-0.2, -0.15) is 0 Å². The molecule has 0 saturated carbocycles. The van der Waals surface area contributed by atoms with Crippen molar-refractivity contribution in [3.05, 3.63) is 34.1 Å². The maximum absolute atomic E-state index is 13.9. The van der Waals surface area contributed by atoms with Gasteiger partial charge >= 0.3 is 5.97 Å². The van der Waals surface area contributed by atoms with Gasteiger partial charge in [0.15, 0.2) is 0 Å². The number of halogens is 2. The second-order valence-electron chi connectivity index (χ2n) is 4.94. The van der Waals surface area contributed by atoms with Gasteiger partial charge < -0.3 is 10.5 Å². The Labute approximate surface area is 115 Å². The summed E-state index contributed by atoms with van der Waals surface area (Å²) in [7, 11) is 1.29. The molecule has 0 heterocycles. The smallest absolute Gasteiger partial charge is 0.313 e. The molecule has 0 aliphatic carbocycles. The Kier molecular flexibility index (Phi) is 4.18. The van der Waals surface area contributed by atoms with Crippen LogP contribution >= 0.6 is 15.9 Å². The first kappa shape index (κ1) is 15.1. The van der Waals surface area contributed by atoms with Gasteiger partial charge in [0.2, 0.25) is 0 Å². The van der Waals surface area contributed by atoms with Gasteiger partial charge in [-0.3, -0.25) is 4.79 Å². The van der Waals surface area contributed by atoms with Gasteiger partial charge in [0.25, 0.3) is 0 Å². The molecule has 1 unspecified atom stereocenters. The second kappa shape index (κ2) is 4.97. The lowest BCUT2D eigenvalue weighted by molar-refractivity contribution is -0.154. The number of carbonyl (C=O) groups is 1. The summed E-state index contributed by atoms with van der Waals surface area (Å²) in [6.07, 6.45) is 0. The average Bonchev–Trinajstić information content (AvgIpc) is 2.30. The molecule has 5 heteroatoms. The van der Waals surface area contributed by atoms with Gasteiger partial charge in [0.1, 0.15) is 5.82 Å². The number of carbonyl (C=O) groups excluding carboxylic acids is 1. The molecule has 0 saturated heterocycles. The van der Waals surface area contributed by atoms with Crippen LogP contribution in [0, 0.1) is 11.2 Å². The van der Waals surface area contributed by atoms with E-state index in [0.29, 0.717) is 4.47 Å². The molecular formula is C13H17BrFNO2. The Bertz CT molecular complexity index is 472. The van der Waals surface area contributed by atoms with E-state index < -0.39 is 22.7 Å². The van der Waals surface area contributed by atoms with Crippen molar-refractivity contribution in [3.63, 3.8) is 0 Å². The van der Waals surface area contributed by atoms with Crippen LogP contribution in [0.15, 0.2) is 22.7 Å². The van der Waals surface area contributed by atoms with E-state index in [1.54, 1.807) is 32.9 Å². The molecule has 1 rings (SSSR count). The standard InChI is InChI=1S/C13H17BrFNO2/c1-12(2,11(17)18-4)13(3,16)9-7-8(14)5-6-10(9)15/h5-7H,16H2,1-4H3. The molecule has 1 aromatic carbocycles. The van der Waals surface area contributed by atoms with E-state index >= 15 is 0 Å². The number of methoxy groups -OCH3 is 1. The molecule has 0 aliphatic rings. The third-order valence-electron chi connectivity index (χ3n) is 3.48. The first-order chi connectivity index (χ1) is 8.14. The number of nitrogens with two attached hydrogens (primary N) is 1. The molecule has 0 bridgehead atoms. The van der Waals surface area contributed by atoms with Crippen molar-refractivity contribution in [1.29, 1.82) is 0 Å². The third kappa shape index (κ3) is 2.42. The van der Waals surface area contributed by atoms with Crippen LogP contribution in [0.5, 0.6) is 0 Å². The maximum Gasteiger partial charge on any atom is 0.313 e. The average molecular weight is 318 g/mol. The highest BCUT2D eigenvalue weighted by atomic mass is 79.9. The zero-order valence-electron chi connectivity index (χ0n) is 10.9. The topological polar surface area (TPSA) is 52.3 Å². The lowest BCUT2D eigenvalue weighted by atomic mass is 9.70. The normalized spacial score (nSPS) is 15.1. The Morgan fingerprint density at radius 2 is 1.94 bits per heavy atom. The van der Waals surface area contributed by atoms with Crippen LogP contribution in [0.1, 0.15) is 26.3 Å². The fourth-order valence-corrected chi connectivity index (χ4v) is 2.06. The summed E-state index contributed by atoms with van der Waals surface area (Å²) >= 11 is 3.27. The van der Waals surface area contributed by atoms with E-state index in [1.165, 1.54) is 13.2 Å². The zero-order valence-corrected chi connectivity index (χ0v) is 12.5. The quantitative estimate of drug-likeness (QED) is 0.872. The summed E-state index contributed by atoms with van der Waals surface area (Å²) in [6, 6.07) is 4.48. The molecule has 100 valence electrons. The number of benzene rings is 1. The van der Waals surface area contributed by atoms with E-state index in [-0.39, 0.29) is 5.56 Å². The summed E-state index contributed by atoms with van der Waals surface area (Å²) < 4.78 is 19.4. The predicted molar refractivity (Wildman–Crippen MR) is 71.4 cm³/mol. The van der Waals surface area contributed by atoms with E-state index in [4.69, 9.17) is 10.5 Å². The summed E-state index contributed by atoms with van der Waals surface area (Å²) in [6.45, 7) is 4.90. The van der Waals surface area contributed by atoms with E-state index in [0.717, 1.165) is 0 Å². The minimum absolute atomic E-state index is 0.271. The van der Waals surface area contributed by atoms with Crippen LogP contribution in [0.4, 0.5) is 4.39 Å². The highest BCUT2D eigenvalue weighted by molar-refractivity contribution is 9.10. The maximum atomic E-state index is 13.9. The van der Waals surface area contributed by atoms with Gasteiger partial charge in [0.05, 0.1) is 18.1 Å². The SMILES string of the molecule is COC(=O)C(C)(C)C(C)(N)c1cc(Br)ccc1F. The van der Waals surface area contributed by atoms with Crippen LogP contribution in [-0.2, 0) is 15.1 Å². The summed E-state index contributed by atoms with van der Waals surface area (Å²) in [5.74, 6) is -0.924. The molecule has 1 aromatic rings. The number of hydrogen-bond acceptors (Lipinski definition) is 3. The van der Waals surface area contributed by atoms with Crippen molar-refractivity contribution in [2.75, 3.05) is 7.11 Å². The Hall–Kier alpha value is -0.940. The summed E-state index contributed by atoms with van der Waals surface area (Å²) in [5.41, 5.74) is 4.23. The first-order valence-electron chi connectivity index (χ1n) is 5.47. The molecule has 0 amide bonds. The van der Waals surface area contributed by atoms with Gasteiger partial charge in [0, 0.05) is 10.0 Å². The molecule has 0 aliphatic heterocycles. The zero-order chi connectivity index (χ0) is 14.1. The first-order valence-corrected chi connectivity index (χ1v) is 6.26. The number of esters is 1. The van der Waals surface area contributed by atoms with Crippen molar-refractivity contribution in [3.8, 4) is 0 Å². The number of rotatable bonds is 3. The van der Waals surface area contributed by atoms with Crippen molar-refractivity contribution in [2.24, 2.45) is 11.1 Å². The molecule has 0 aromatic heterocycles. The van der Waals surface area contributed by atoms with Gasteiger partial charge in [-0.1, -0.05) is 15.9 Å². The van der Waals surface area contributed by atoms with Crippen LogP contribution in [-0.4, -0.2) is 13.1 Å². The molecule has 18 heavy (non-hydrogen) atoms. The summed E-state index contributed by atoms with van der Waals surface area (Å²) in [5, 5.41) is 0. The van der Waals surface area contributed by atoms with Gasteiger partial charge in [-0.05, 0) is 39.0 Å². The lowest BCUT2D eigenvalue weighted by Crippen LogP contribution is -2.52. The van der Waals surface area contributed by atoms with Crippen molar-refractivity contribution in [1.82, 2.24) is 0 Å². The second-order valence-corrected chi connectivity index (χ2v) is 5.86. The van der Waals surface area contributed by atoms with Crippen molar-refractivity contribution in [2.45, 2.75) is 26.3 Å². The fourth-order valence-electron chi connectivity index (χ4n) is 1.70. The van der Waals surface area contributed by atoms with Crippen molar-refractivity contribution < 1.29 is 13.9 Å². The van der Waals surface area contributed by atoms with E-state index in [1.807, 2.05) is 0 Å². The van der Waals surface area contributed by atoms with Crippen LogP contribution in [0.2, 0.25) is 0 Å². The Morgan fingerprint density at radius 3 is 2.44 bits per heavy atom. The molecule has 0 radical (unpaired) electrons. The van der Waals surface area contributed by atoms with E-state index in [2.05, 4.69) is 15.9 Å². The highest BCUT2D eigenvalue weighted by Crippen LogP contribution is 2.40. The molecule has 0 spiro atoms. The molecule has 1 atom stereocenters. The van der Waals surface area contributed by atoms with Crippen LogP contribution in [0.3, 0.4) is 0 Å². The predicted octanol–water partition coefficient (Wildman–Crippen LogP) is 2.96. The summed E-state index contributed by atoms with van der Waals surface area (Å²) in [4.78, 5) is 11.8. The van der Waals surface area contributed by atoms with E-state index in [9.17, 15) is 9.18 Å². The molecular weight excluding hydrogens is 301 g/mol. The van der Waals surface area contributed by atoms with Crippen molar-refractivity contribution >= 4 is 21.9 Å². The fraction of sp³-hybridized carbons (Fsp3) is 0.462. The van der Waals surface area contributed by atoms with Gasteiger partial charge in [-0.25, -0.2) is 4.39 Å². The Morgan fingerprint density at radius 1 is 1.39 bits per heavy atom. The number of ether oxygens (including phenoxy) is 1. The minimum atomic E-state index is -1.19. The number of hydrogen-bond donors (Lipinski definition) is 1. The minimum Gasteiger partial charge on any atom is -0.469 e. The van der Waals surface area contributed by atoms with Crippen LogP contribution in [0.25, 0.3) is 0 Å². The third-order valence-corrected chi connectivity index (χ3v) is 3.98. The largest absolute Gasteiger partial charge is 0.469 e. The lowest BCUT2D eigenvalue weighted by Gasteiger charge is -2.39.